The maximum atomic E-state index is 12.3. The number of aromatic amines is 1. The molecule has 130 valence electrons. The van der Waals surface area contributed by atoms with Crippen LogP contribution in [0.1, 0.15) is 57.2 Å². The molecular formula is C18H27N5O. The third-order valence-electron chi connectivity index (χ3n) is 4.87. The first-order chi connectivity index (χ1) is 11.2. The number of aryl methyl sites for hydroxylation is 2. The standard InChI is InChI=1S/C18H27N5O/c1-7-23-12(3)16(11(2)21-23)14-9-19-17(20-14)13-8-15(24)22(10-13)18(4,5)6/h9,13H,7-8,10H2,1-6H3,(H,19,20)/t13-/m0/s1. The van der Waals surface area contributed by atoms with Gasteiger partial charge in [0.1, 0.15) is 5.82 Å². The van der Waals surface area contributed by atoms with E-state index in [1.54, 1.807) is 0 Å². The van der Waals surface area contributed by atoms with Crippen molar-refractivity contribution in [2.75, 3.05) is 6.54 Å². The van der Waals surface area contributed by atoms with Crippen LogP contribution in [0.5, 0.6) is 0 Å². The molecule has 1 N–H and O–H groups in total. The molecule has 0 bridgehead atoms. The van der Waals surface area contributed by atoms with E-state index in [1.165, 1.54) is 0 Å². The van der Waals surface area contributed by atoms with Crippen LogP contribution in [0.2, 0.25) is 0 Å². The van der Waals surface area contributed by atoms with Crippen LogP contribution in [-0.4, -0.2) is 42.6 Å². The molecule has 2 aromatic heterocycles. The van der Waals surface area contributed by atoms with Gasteiger partial charge in [0.25, 0.3) is 0 Å². The van der Waals surface area contributed by atoms with Gasteiger partial charge in [-0.1, -0.05) is 0 Å². The molecule has 3 heterocycles. The molecule has 2 aromatic rings. The highest BCUT2D eigenvalue weighted by molar-refractivity contribution is 5.80. The lowest BCUT2D eigenvalue weighted by atomic mass is 10.1. The summed E-state index contributed by atoms with van der Waals surface area (Å²) < 4.78 is 2.01. The number of amides is 1. The lowest BCUT2D eigenvalue weighted by molar-refractivity contribution is -0.131. The Morgan fingerprint density at radius 2 is 2.04 bits per heavy atom. The Labute approximate surface area is 143 Å². The van der Waals surface area contributed by atoms with Gasteiger partial charge in [0.05, 0.1) is 17.6 Å². The van der Waals surface area contributed by atoms with E-state index >= 15 is 0 Å². The minimum absolute atomic E-state index is 0.132. The zero-order valence-corrected chi connectivity index (χ0v) is 15.5. The number of H-pyrrole nitrogens is 1. The van der Waals surface area contributed by atoms with Gasteiger partial charge >= 0.3 is 0 Å². The summed E-state index contributed by atoms with van der Waals surface area (Å²) in [4.78, 5) is 22.3. The van der Waals surface area contributed by atoms with Crippen molar-refractivity contribution in [3.05, 3.63) is 23.4 Å². The molecule has 24 heavy (non-hydrogen) atoms. The number of hydrogen-bond donors (Lipinski definition) is 1. The third-order valence-corrected chi connectivity index (χ3v) is 4.87. The fraction of sp³-hybridized carbons (Fsp3) is 0.611. The van der Waals surface area contributed by atoms with Gasteiger partial charge in [0.2, 0.25) is 5.91 Å². The molecule has 1 aliphatic rings. The summed E-state index contributed by atoms with van der Waals surface area (Å²) in [5.41, 5.74) is 4.11. The Morgan fingerprint density at radius 1 is 1.33 bits per heavy atom. The molecule has 3 rings (SSSR count). The minimum Gasteiger partial charge on any atom is -0.342 e. The highest BCUT2D eigenvalue weighted by atomic mass is 16.2. The predicted octanol–water partition coefficient (Wildman–Crippen LogP) is 3.02. The van der Waals surface area contributed by atoms with Crippen molar-refractivity contribution in [1.29, 1.82) is 0 Å². The van der Waals surface area contributed by atoms with Crippen LogP contribution < -0.4 is 0 Å². The SMILES string of the molecule is CCn1nc(C)c(-c2cnc([C@H]3CC(=O)N(C(C)(C)C)C3)[nH]2)c1C. The van der Waals surface area contributed by atoms with Gasteiger partial charge < -0.3 is 9.88 Å². The number of carbonyl (C=O) groups is 1. The van der Waals surface area contributed by atoms with Gasteiger partial charge in [0, 0.05) is 42.2 Å². The van der Waals surface area contributed by atoms with Crippen LogP contribution >= 0.6 is 0 Å². The summed E-state index contributed by atoms with van der Waals surface area (Å²) in [6.45, 7) is 14.0. The van der Waals surface area contributed by atoms with E-state index in [4.69, 9.17) is 0 Å². The molecule has 0 saturated carbocycles. The largest absolute Gasteiger partial charge is 0.342 e. The first-order valence-corrected chi connectivity index (χ1v) is 8.62. The summed E-state index contributed by atoms with van der Waals surface area (Å²) in [7, 11) is 0. The first-order valence-electron chi connectivity index (χ1n) is 8.62. The molecule has 6 heteroatoms. The number of likely N-dealkylation sites (tertiary alicyclic amines) is 1. The zero-order valence-electron chi connectivity index (χ0n) is 15.5. The van der Waals surface area contributed by atoms with Crippen LogP contribution in [0.3, 0.4) is 0 Å². The van der Waals surface area contributed by atoms with Gasteiger partial charge in [-0.05, 0) is 41.5 Å². The molecule has 1 fully saturated rings. The molecule has 0 spiro atoms. The maximum absolute atomic E-state index is 12.3. The summed E-state index contributed by atoms with van der Waals surface area (Å²) in [6, 6.07) is 0. The highest BCUT2D eigenvalue weighted by Gasteiger charge is 2.38. The average Bonchev–Trinajstić information content (AvgIpc) is 3.16. The van der Waals surface area contributed by atoms with Crippen molar-refractivity contribution in [2.45, 2.75) is 66.0 Å². The smallest absolute Gasteiger partial charge is 0.223 e. The minimum atomic E-state index is -0.142. The Morgan fingerprint density at radius 3 is 2.58 bits per heavy atom. The number of rotatable bonds is 3. The van der Waals surface area contributed by atoms with E-state index in [0.717, 1.165) is 41.6 Å². The van der Waals surface area contributed by atoms with Crippen molar-refractivity contribution in [3.63, 3.8) is 0 Å². The quantitative estimate of drug-likeness (QED) is 0.941. The van der Waals surface area contributed by atoms with Crippen molar-refractivity contribution in [3.8, 4) is 11.3 Å². The Balaban J connectivity index is 1.88. The average molecular weight is 329 g/mol. The fourth-order valence-electron chi connectivity index (χ4n) is 3.60. The zero-order chi connectivity index (χ0) is 17.6. The highest BCUT2D eigenvalue weighted by Crippen LogP contribution is 2.33. The molecule has 0 unspecified atom stereocenters. The summed E-state index contributed by atoms with van der Waals surface area (Å²) in [6.07, 6.45) is 2.40. The second kappa shape index (κ2) is 5.76. The van der Waals surface area contributed by atoms with Gasteiger partial charge in [-0.25, -0.2) is 4.98 Å². The molecule has 1 atom stereocenters. The predicted molar refractivity (Wildman–Crippen MR) is 93.8 cm³/mol. The molecule has 0 aliphatic carbocycles. The van der Waals surface area contributed by atoms with Crippen LogP contribution in [0.15, 0.2) is 6.20 Å². The molecule has 6 nitrogen and oxygen atoms in total. The Hall–Kier alpha value is -2.11. The van der Waals surface area contributed by atoms with Crippen molar-refractivity contribution >= 4 is 5.91 Å². The van der Waals surface area contributed by atoms with Crippen molar-refractivity contribution in [1.82, 2.24) is 24.6 Å². The lowest BCUT2D eigenvalue weighted by Crippen LogP contribution is -2.42. The molecule has 1 saturated heterocycles. The number of hydrogen-bond acceptors (Lipinski definition) is 3. The Kier molecular flexibility index (Phi) is 4.01. The maximum Gasteiger partial charge on any atom is 0.223 e. The van der Waals surface area contributed by atoms with Gasteiger partial charge in [-0.15, -0.1) is 0 Å². The topological polar surface area (TPSA) is 66.8 Å². The lowest BCUT2D eigenvalue weighted by Gasteiger charge is -2.31. The van der Waals surface area contributed by atoms with Crippen LogP contribution in [0.25, 0.3) is 11.3 Å². The van der Waals surface area contributed by atoms with E-state index in [1.807, 2.05) is 22.7 Å². The number of carbonyl (C=O) groups excluding carboxylic acids is 1. The molecule has 1 aliphatic heterocycles. The number of nitrogens with one attached hydrogen (secondary N) is 1. The van der Waals surface area contributed by atoms with Gasteiger partial charge in [-0.2, -0.15) is 5.10 Å². The second-order valence-electron chi connectivity index (χ2n) is 7.62. The van der Waals surface area contributed by atoms with E-state index in [0.29, 0.717) is 6.42 Å². The number of aromatic nitrogens is 4. The van der Waals surface area contributed by atoms with Crippen molar-refractivity contribution in [2.24, 2.45) is 0 Å². The third kappa shape index (κ3) is 2.74. The summed E-state index contributed by atoms with van der Waals surface area (Å²) in [5.74, 6) is 1.23. The Bertz CT molecular complexity index is 765. The second-order valence-corrected chi connectivity index (χ2v) is 7.62. The molecule has 1 amide bonds. The van der Waals surface area contributed by atoms with Crippen LogP contribution in [0, 0.1) is 13.8 Å². The molecule has 0 aromatic carbocycles. The van der Waals surface area contributed by atoms with E-state index in [-0.39, 0.29) is 17.4 Å². The van der Waals surface area contributed by atoms with E-state index in [2.05, 4.69) is 49.7 Å². The normalized spacial score (nSPS) is 18.7. The monoisotopic (exact) mass is 329 g/mol. The molecular weight excluding hydrogens is 302 g/mol. The van der Waals surface area contributed by atoms with Crippen molar-refractivity contribution < 1.29 is 4.79 Å². The van der Waals surface area contributed by atoms with Gasteiger partial charge in [-0.3, -0.25) is 9.48 Å². The van der Waals surface area contributed by atoms with Crippen LogP contribution in [0.4, 0.5) is 0 Å². The molecule has 0 radical (unpaired) electrons. The first kappa shape index (κ1) is 16.7. The summed E-state index contributed by atoms with van der Waals surface area (Å²) in [5, 5.41) is 4.57. The number of imidazole rings is 1. The van der Waals surface area contributed by atoms with E-state index in [9.17, 15) is 4.79 Å². The van der Waals surface area contributed by atoms with Crippen LogP contribution in [-0.2, 0) is 11.3 Å². The van der Waals surface area contributed by atoms with Gasteiger partial charge in [0.15, 0.2) is 0 Å². The van der Waals surface area contributed by atoms with E-state index < -0.39 is 0 Å². The summed E-state index contributed by atoms with van der Waals surface area (Å²) >= 11 is 0. The number of nitrogens with zero attached hydrogens (tertiary/aromatic N) is 4. The fourth-order valence-corrected chi connectivity index (χ4v) is 3.60.